The lowest BCUT2D eigenvalue weighted by Crippen LogP contribution is -2.28. The van der Waals surface area contributed by atoms with Crippen LogP contribution >= 0.6 is 11.3 Å². The van der Waals surface area contributed by atoms with Crippen LogP contribution < -0.4 is 5.32 Å². The predicted molar refractivity (Wildman–Crippen MR) is 70.8 cm³/mol. The summed E-state index contributed by atoms with van der Waals surface area (Å²) in [5.74, 6) is 0.169. The average molecular weight is 272 g/mol. The molecule has 1 unspecified atom stereocenters. The molecule has 2 N–H and O–H groups in total. The third kappa shape index (κ3) is 4.36. The highest BCUT2D eigenvalue weighted by Crippen LogP contribution is 2.18. The van der Waals surface area contributed by atoms with Crippen LogP contribution in [0.5, 0.6) is 0 Å². The van der Waals surface area contributed by atoms with Crippen molar-refractivity contribution in [2.24, 2.45) is 5.92 Å². The van der Waals surface area contributed by atoms with Gasteiger partial charge < -0.3 is 15.2 Å². The van der Waals surface area contributed by atoms with Gasteiger partial charge in [0.25, 0.3) is 5.91 Å². The zero-order valence-electron chi connectivity index (χ0n) is 11.0. The molecule has 0 aromatic carbocycles. The van der Waals surface area contributed by atoms with Crippen molar-refractivity contribution in [3.05, 3.63) is 15.6 Å². The second-order valence-corrected chi connectivity index (χ2v) is 5.37. The molecule has 5 nitrogen and oxygen atoms in total. The zero-order valence-corrected chi connectivity index (χ0v) is 11.8. The van der Waals surface area contributed by atoms with E-state index in [0.29, 0.717) is 24.4 Å². The number of methoxy groups -OCH3 is 1. The van der Waals surface area contributed by atoms with Crippen LogP contribution in [0.15, 0.2) is 0 Å². The van der Waals surface area contributed by atoms with Gasteiger partial charge in [-0.25, -0.2) is 4.98 Å². The van der Waals surface area contributed by atoms with Gasteiger partial charge in [0.1, 0.15) is 9.88 Å². The Balaban J connectivity index is 2.55. The summed E-state index contributed by atoms with van der Waals surface area (Å²) in [6.45, 7) is 4.96. The van der Waals surface area contributed by atoms with Crippen LogP contribution in [0.2, 0.25) is 0 Å². The van der Waals surface area contributed by atoms with Crippen LogP contribution in [-0.2, 0) is 11.3 Å². The van der Waals surface area contributed by atoms with E-state index in [2.05, 4.69) is 10.3 Å². The predicted octanol–water partition coefficient (Wildman–Crippen LogP) is 1.35. The Morgan fingerprint density at radius 2 is 2.33 bits per heavy atom. The average Bonchev–Trinajstić information content (AvgIpc) is 2.68. The van der Waals surface area contributed by atoms with Gasteiger partial charge >= 0.3 is 0 Å². The summed E-state index contributed by atoms with van der Waals surface area (Å²) in [7, 11) is 1.60. The molecule has 0 radical (unpaired) electrons. The number of carbonyl (C=O) groups excluding carboxylic acids is 1. The van der Waals surface area contributed by atoms with Crippen LogP contribution in [0.3, 0.4) is 0 Å². The summed E-state index contributed by atoms with van der Waals surface area (Å²) in [6, 6.07) is 0. The molecular formula is C12H20N2O3S. The smallest absolute Gasteiger partial charge is 0.263 e. The number of hydrogen-bond donors (Lipinski definition) is 2. The highest BCUT2D eigenvalue weighted by atomic mass is 32.1. The number of aryl methyl sites for hydroxylation is 1. The van der Waals surface area contributed by atoms with E-state index in [0.717, 1.165) is 10.7 Å². The summed E-state index contributed by atoms with van der Waals surface area (Å²) < 4.78 is 4.99. The van der Waals surface area contributed by atoms with Gasteiger partial charge in [-0.15, -0.1) is 11.3 Å². The number of rotatable bonds is 7. The highest BCUT2D eigenvalue weighted by Gasteiger charge is 2.15. The summed E-state index contributed by atoms with van der Waals surface area (Å²) >= 11 is 1.36. The molecule has 0 spiro atoms. The Morgan fingerprint density at radius 3 is 2.94 bits per heavy atom. The molecule has 1 rings (SSSR count). The normalized spacial score (nSPS) is 12.4. The summed E-state index contributed by atoms with van der Waals surface area (Å²) in [4.78, 5) is 16.9. The van der Waals surface area contributed by atoms with Crippen molar-refractivity contribution in [1.29, 1.82) is 0 Å². The van der Waals surface area contributed by atoms with Gasteiger partial charge in [0.2, 0.25) is 0 Å². The molecule has 1 heterocycles. The molecule has 18 heavy (non-hydrogen) atoms. The van der Waals surface area contributed by atoms with E-state index in [1.165, 1.54) is 11.3 Å². The highest BCUT2D eigenvalue weighted by molar-refractivity contribution is 7.13. The third-order valence-electron chi connectivity index (χ3n) is 2.55. The molecule has 102 valence electrons. The Bertz CT molecular complexity index is 393. The van der Waals surface area contributed by atoms with Gasteiger partial charge in [-0.05, 0) is 19.3 Å². The third-order valence-corrected chi connectivity index (χ3v) is 3.68. The van der Waals surface area contributed by atoms with Gasteiger partial charge in [0, 0.05) is 20.3 Å². The van der Waals surface area contributed by atoms with Crippen LogP contribution in [0, 0.1) is 12.8 Å². The molecule has 0 aliphatic heterocycles. The Labute approximate surface area is 111 Å². The fourth-order valence-corrected chi connectivity index (χ4v) is 2.47. The van der Waals surface area contributed by atoms with Crippen molar-refractivity contribution in [3.63, 3.8) is 0 Å². The van der Waals surface area contributed by atoms with Crippen LogP contribution in [0.4, 0.5) is 0 Å². The molecule has 0 fully saturated rings. The topological polar surface area (TPSA) is 71.5 Å². The van der Waals surface area contributed by atoms with E-state index in [4.69, 9.17) is 9.84 Å². The molecule has 6 heteroatoms. The Hall–Kier alpha value is -0.980. The van der Waals surface area contributed by atoms with Crippen LogP contribution in [-0.4, -0.2) is 36.3 Å². The lowest BCUT2D eigenvalue weighted by atomic mass is 10.1. The summed E-state index contributed by atoms with van der Waals surface area (Å²) in [5.41, 5.74) is 0.736. The van der Waals surface area contributed by atoms with Crippen molar-refractivity contribution >= 4 is 17.2 Å². The minimum atomic E-state index is -0.0999. The number of amides is 1. The maximum Gasteiger partial charge on any atom is 0.263 e. The van der Waals surface area contributed by atoms with Gasteiger partial charge in [-0.3, -0.25) is 4.79 Å². The van der Waals surface area contributed by atoms with Gasteiger partial charge in [-0.1, -0.05) is 6.92 Å². The van der Waals surface area contributed by atoms with E-state index in [1.54, 1.807) is 7.11 Å². The summed E-state index contributed by atoms with van der Waals surface area (Å²) in [6.07, 6.45) is 0.691. The first-order valence-corrected chi connectivity index (χ1v) is 6.74. The van der Waals surface area contributed by atoms with E-state index < -0.39 is 0 Å². The molecule has 1 aromatic heterocycles. The Morgan fingerprint density at radius 1 is 1.61 bits per heavy atom. The zero-order chi connectivity index (χ0) is 13.5. The van der Waals surface area contributed by atoms with Crippen molar-refractivity contribution < 1.29 is 14.6 Å². The number of aliphatic hydroxyl groups excluding tert-OH is 1. The molecule has 0 aliphatic rings. The first kappa shape index (κ1) is 15.1. The van der Waals surface area contributed by atoms with Crippen LogP contribution in [0.1, 0.15) is 33.7 Å². The molecule has 0 bridgehead atoms. The van der Waals surface area contributed by atoms with E-state index in [9.17, 15) is 4.79 Å². The Kier molecular flexibility index (Phi) is 6.24. The number of hydrogen-bond acceptors (Lipinski definition) is 5. The van der Waals surface area contributed by atoms with E-state index >= 15 is 0 Å². The standard InChI is InChI=1S/C12H20N2O3S/c1-8(4-5-15)6-13-12(16)11-9(2)14-10(18-11)7-17-3/h8,15H,4-7H2,1-3H3,(H,13,16). The lowest BCUT2D eigenvalue weighted by molar-refractivity contribution is 0.0948. The van der Waals surface area contributed by atoms with Gasteiger partial charge in [0.05, 0.1) is 12.3 Å². The first-order valence-electron chi connectivity index (χ1n) is 5.92. The quantitative estimate of drug-likeness (QED) is 0.786. The lowest BCUT2D eigenvalue weighted by Gasteiger charge is -2.10. The second kappa shape index (κ2) is 7.45. The molecule has 1 aromatic rings. The van der Waals surface area contributed by atoms with Crippen molar-refractivity contribution in [1.82, 2.24) is 10.3 Å². The minimum Gasteiger partial charge on any atom is -0.396 e. The minimum absolute atomic E-state index is 0.0999. The number of aromatic nitrogens is 1. The summed E-state index contributed by atoms with van der Waals surface area (Å²) in [5, 5.41) is 12.5. The van der Waals surface area contributed by atoms with Gasteiger partial charge in [-0.2, -0.15) is 0 Å². The van der Waals surface area contributed by atoms with Crippen molar-refractivity contribution in [3.8, 4) is 0 Å². The molecule has 1 atom stereocenters. The maximum atomic E-state index is 11.9. The molecule has 0 aliphatic carbocycles. The molecular weight excluding hydrogens is 252 g/mol. The van der Waals surface area contributed by atoms with E-state index in [-0.39, 0.29) is 18.4 Å². The SMILES string of the molecule is COCc1nc(C)c(C(=O)NCC(C)CCO)s1. The van der Waals surface area contributed by atoms with Gasteiger partial charge in [0.15, 0.2) is 0 Å². The fourth-order valence-electron chi connectivity index (χ4n) is 1.52. The number of ether oxygens (including phenoxy) is 1. The number of aliphatic hydroxyl groups is 1. The molecule has 1 amide bonds. The first-order chi connectivity index (χ1) is 8.58. The molecule has 0 saturated carbocycles. The number of nitrogens with zero attached hydrogens (tertiary/aromatic N) is 1. The second-order valence-electron chi connectivity index (χ2n) is 4.28. The van der Waals surface area contributed by atoms with Crippen LogP contribution in [0.25, 0.3) is 0 Å². The number of carbonyl (C=O) groups is 1. The number of nitrogens with one attached hydrogen (secondary N) is 1. The van der Waals surface area contributed by atoms with Crippen molar-refractivity contribution in [2.75, 3.05) is 20.3 Å². The number of thiazole rings is 1. The maximum absolute atomic E-state index is 11.9. The largest absolute Gasteiger partial charge is 0.396 e. The fraction of sp³-hybridized carbons (Fsp3) is 0.667. The van der Waals surface area contributed by atoms with E-state index in [1.807, 2.05) is 13.8 Å². The van der Waals surface area contributed by atoms with Crippen molar-refractivity contribution in [2.45, 2.75) is 26.9 Å². The monoisotopic (exact) mass is 272 g/mol. The molecule has 0 saturated heterocycles.